The highest BCUT2D eigenvalue weighted by Gasteiger charge is 2.38. The number of carbonyl (C=O) groups is 2. The lowest BCUT2D eigenvalue weighted by Crippen LogP contribution is -2.33. The molecule has 0 unspecified atom stereocenters. The first-order valence-corrected chi connectivity index (χ1v) is 11.6. The number of hydrogen-bond donors (Lipinski definition) is 0. The number of aryl methyl sites for hydroxylation is 1. The molecule has 180 valence electrons. The summed E-state index contributed by atoms with van der Waals surface area (Å²) in [7, 11) is 2.90. The number of aromatic nitrogens is 1. The highest BCUT2D eigenvalue weighted by molar-refractivity contribution is 6.32. The molecule has 1 amide bonds. The van der Waals surface area contributed by atoms with Gasteiger partial charge in [0.25, 0.3) is 5.91 Å². The van der Waals surface area contributed by atoms with E-state index in [9.17, 15) is 9.59 Å². The molecular weight excluding hydrogens is 456 g/mol. The van der Waals surface area contributed by atoms with Gasteiger partial charge in [0.2, 0.25) is 0 Å². The first kappa shape index (κ1) is 24.1. The van der Waals surface area contributed by atoms with Crippen molar-refractivity contribution in [1.82, 2.24) is 9.47 Å². The number of halogens is 1. The van der Waals surface area contributed by atoms with Crippen molar-refractivity contribution in [3.8, 4) is 11.4 Å². The van der Waals surface area contributed by atoms with E-state index in [0.717, 1.165) is 35.5 Å². The summed E-state index contributed by atoms with van der Waals surface area (Å²) in [4.78, 5) is 27.7. The summed E-state index contributed by atoms with van der Waals surface area (Å²) in [5.41, 5.74) is 4.81. The first-order chi connectivity index (χ1) is 16.3. The fraction of sp³-hybridized carbons (Fsp3) is 0.385. The van der Waals surface area contributed by atoms with Crippen LogP contribution in [0.25, 0.3) is 11.8 Å². The molecule has 7 nitrogen and oxygen atoms in total. The lowest BCUT2D eigenvalue weighted by Gasteiger charge is -2.21. The van der Waals surface area contributed by atoms with Gasteiger partial charge < -0.3 is 23.7 Å². The Kier molecular flexibility index (Phi) is 6.86. The van der Waals surface area contributed by atoms with Gasteiger partial charge in [-0.25, -0.2) is 4.79 Å². The van der Waals surface area contributed by atoms with E-state index in [4.69, 9.17) is 25.8 Å². The molecule has 0 N–H and O–H groups in total. The van der Waals surface area contributed by atoms with E-state index in [0.29, 0.717) is 40.8 Å². The van der Waals surface area contributed by atoms with Crippen molar-refractivity contribution in [3.63, 3.8) is 0 Å². The van der Waals surface area contributed by atoms with E-state index in [1.54, 1.807) is 25.0 Å². The minimum atomic E-state index is -0.525. The van der Waals surface area contributed by atoms with Gasteiger partial charge in [0.1, 0.15) is 5.75 Å². The van der Waals surface area contributed by atoms with Crippen molar-refractivity contribution in [2.45, 2.75) is 39.7 Å². The molecule has 8 heteroatoms. The highest BCUT2D eigenvalue weighted by Crippen LogP contribution is 2.35. The lowest BCUT2D eigenvalue weighted by atomic mass is 10.0. The van der Waals surface area contributed by atoms with Crippen LogP contribution in [0.2, 0.25) is 5.02 Å². The number of amides is 1. The zero-order chi connectivity index (χ0) is 24.6. The van der Waals surface area contributed by atoms with Crippen LogP contribution in [-0.2, 0) is 19.1 Å². The molecule has 1 aromatic heterocycles. The Balaban J connectivity index is 1.75. The molecule has 1 fully saturated rings. The maximum atomic E-state index is 13.4. The van der Waals surface area contributed by atoms with Crippen LogP contribution in [-0.4, -0.2) is 54.8 Å². The van der Waals surface area contributed by atoms with E-state index >= 15 is 0 Å². The topological polar surface area (TPSA) is 70.0 Å². The number of rotatable bonds is 6. The molecule has 2 aromatic rings. The van der Waals surface area contributed by atoms with Crippen LogP contribution in [0, 0.1) is 13.8 Å². The summed E-state index contributed by atoms with van der Waals surface area (Å²) in [6.07, 6.45) is 3.62. The Labute approximate surface area is 204 Å². The molecule has 2 aliphatic heterocycles. The van der Waals surface area contributed by atoms with Crippen LogP contribution >= 0.6 is 11.6 Å². The van der Waals surface area contributed by atoms with Crippen molar-refractivity contribution in [1.29, 1.82) is 0 Å². The summed E-state index contributed by atoms with van der Waals surface area (Å²) in [6, 6.07) is 7.57. The molecule has 1 saturated heterocycles. The Morgan fingerprint density at radius 1 is 1.24 bits per heavy atom. The molecule has 34 heavy (non-hydrogen) atoms. The Morgan fingerprint density at radius 2 is 2.00 bits per heavy atom. The van der Waals surface area contributed by atoms with Crippen LogP contribution in [0.15, 0.2) is 41.1 Å². The van der Waals surface area contributed by atoms with Gasteiger partial charge in [-0.3, -0.25) is 4.79 Å². The smallest absolute Gasteiger partial charge is 0.340 e. The van der Waals surface area contributed by atoms with Crippen molar-refractivity contribution in [2.24, 2.45) is 0 Å². The largest absolute Gasteiger partial charge is 0.495 e. The highest BCUT2D eigenvalue weighted by atomic mass is 35.5. The molecule has 0 spiro atoms. The van der Waals surface area contributed by atoms with Gasteiger partial charge in [-0.05, 0) is 69.5 Å². The van der Waals surface area contributed by atoms with Gasteiger partial charge in [0.15, 0.2) is 0 Å². The number of hydrogen-bond acceptors (Lipinski definition) is 5. The van der Waals surface area contributed by atoms with Crippen molar-refractivity contribution >= 4 is 29.6 Å². The van der Waals surface area contributed by atoms with Gasteiger partial charge in [-0.2, -0.15) is 0 Å². The molecule has 2 aliphatic rings. The number of benzene rings is 1. The average molecular weight is 485 g/mol. The first-order valence-electron chi connectivity index (χ1n) is 11.2. The summed E-state index contributed by atoms with van der Waals surface area (Å²) in [5.74, 6) is -0.144. The fourth-order valence-corrected chi connectivity index (χ4v) is 4.97. The SMILES string of the molecule is COC(=O)C1=C(C)N(C[C@H]2CCCO2)C(=O)/C1=C\c1cc(C)n(-c2ccc(OC)c(Cl)c2)c1C. The van der Waals surface area contributed by atoms with Gasteiger partial charge in [-0.1, -0.05) is 11.6 Å². The van der Waals surface area contributed by atoms with Crippen LogP contribution in [0.3, 0.4) is 0 Å². The summed E-state index contributed by atoms with van der Waals surface area (Å²) in [5, 5.41) is 0.509. The third kappa shape index (κ3) is 4.26. The van der Waals surface area contributed by atoms with E-state index in [-0.39, 0.29) is 12.0 Å². The Morgan fingerprint density at radius 3 is 2.62 bits per heavy atom. The zero-order valence-electron chi connectivity index (χ0n) is 20.1. The standard InChI is InChI=1S/C26H29ClN2O5/c1-15-11-18(16(2)29(15)19-8-9-23(32-4)22(27)13-19)12-21-24(26(31)33-5)17(3)28(25(21)30)14-20-7-6-10-34-20/h8-9,11-13,20H,6-7,10,14H2,1-5H3/b21-12-/t20-/m1/s1. The minimum Gasteiger partial charge on any atom is -0.495 e. The quantitative estimate of drug-likeness (QED) is 0.442. The second-order valence-electron chi connectivity index (χ2n) is 8.54. The monoisotopic (exact) mass is 484 g/mol. The van der Waals surface area contributed by atoms with Crippen LogP contribution in [0.1, 0.15) is 36.7 Å². The second-order valence-corrected chi connectivity index (χ2v) is 8.95. The molecule has 0 saturated carbocycles. The predicted octanol–water partition coefficient (Wildman–Crippen LogP) is 4.61. The van der Waals surface area contributed by atoms with E-state index in [1.807, 2.05) is 38.1 Å². The molecule has 3 heterocycles. The normalized spacial score (nSPS) is 19.5. The van der Waals surface area contributed by atoms with Crippen LogP contribution < -0.4 is 4.74 Å². The summed E-state index contributed by atoms with van der Waals surface area (Å²) >= 11 is 6.35. The molecule has 0 bridgehead atoms. The maximum Gasteiger partial charge on any atom is 0.340 e. The Hall–Kier alpha value is -3.03. The number of allylic oxidation sites excluding steroid dienone is 1. The predicted molar refractivity (Wildman–Crippen MR) is 130 cm³/mol. The second kappa shape index (κ2) is 9.68. The van der Waals surface area contributed by atoms with E-state index < -0.39 is 5.97 Å². The Bertz CT molecular complexity index is 1200. The molecule has 0 aliphatic carbocycles. The molecule has 0 radical (unpaired) electrons. The number of ether oxygens (including phenoxy) is 3. The number of carbonyl (C=O) groups excluding carboxylic acids is 2. The van der Waals surface area contributed by atoms with Gasteiger partial charge in [0.05, 0.1) is 43.0 Å². The van der Waals surface area contributed by atoms with Crippen LogP contribution in [0.4, 0.5) is 0 Å². The van der Waals surface area contributed by atoms with E-state index in [1.165, 1.54) is 7.11 Å². The van der Waals surface area contributed by atoms with E-state index in [2.05, 4.69) is 4.57 Å². The van der Waals surface area contributed by atoms with Gasteiger partial charge in [-0.15, -0.1) is 0 Å². The fourth-order valence-electron chi connectivity index (χ4n) is 4.72. The van der Waals surface area contributed by atoms with Gasteiger partial charge in [0, 0.05) is 29.4 Å². The number of methoxy groups -OCH3 is 2. The molecular formula is C26H29ClN2O5. The van der Waals surface area contributed by atoms with Gasteiger partial charge >= 0.3 is 5.97 Å². The molecule has 1 atom stereocenters. The van der Waals surface area contributed by atoms with Crippen molar-refractivity contribution in [2.75, 3.05) is 27.4 Å². The number of nitrogens with zero attached hydrogens (tertiary/aromatic N) is 2. The van der Waals surface area contributed by atoms with Crippen molar-refractivity contribution in [3.05, 3.63) is 63.1 Å². The number of esters is 1. The molecule has 4 rings (SSSR count). The summed E-state index contributed by atoms with van der Waals surface area (Å²) < 4.78 is 18.1. The summed E-state index contributed by atoms with van der Waals surface area (Å²) in [6.45, 7) is 6.85. The molecule has 1 aromatic carbocycles. The third-order valence-electron chi connectivity index (χ3n) is 6.47. The zero-order valence-corrected chi connectivity index (χ0v) is 20.9. The van der Waals surface area contributed by atoms with Crippen molar-refractivity contribution < 1.29 is 23.8 Å². The van der Waals surface area contributed by atoms with Crippen LogP contribution in [0.5, 0.6) is 5.75 Å². The average Bonchev–Trinajstić information content (AvgIpc) is 3.48. The lowest BCUT2D eigenvalue weighted by molar-refractivity contribution is -0.136. The third-order valence-corrected chi connectivity index (χ3v) is 6.77. The minimum absolute atomic E-state index is 0.0259. The maximum absolute atomic E-state index is 13.4.